The third-order valence-electron chi connectivity index (χ3n) is 4.82. The van der Waals surface area contributed by atoms with Crippen LogP contribution in [0.3, 0.4) is 0 Å². The van der Waals surface area contributed by atoms with Crippen LogP contribution in [0, 0.1) is 11.3 Å². The van der Waals surface area contributed by atoms with Crippen molar-refractivity contribution in [3.05, 3.63) is 0 Å². The maximum atomic E-state index is 12.3. The fraction of sp³-hybridized carbons (Fsp3) is 0.867. The van der Waals surface area contributed by atoms with Gasteiger partial charge in [-0.2, -0.15) is 0 Å². The molecule has 2 amide bonds. The van der Waals surface area contributed by atoms with Crippen molar-refractivity contribution in [2.75, 3.05) is 6.54 Å². The topological polar surface area (TPSA) is 49.4 Å². The van der Waals surface area contributed by atoms with Crippen molar-refractivity contribution in [1.82, 2.24) is 10.2 Å². The van der Waals surface area contributed by atoms with Crippen LogP contribution in [0.15, 0.2) is 0 Å². The molecule has 2 atom stereocenters. The van der Waals surface area contributed by atoms with Crippen LogP contribution in [0.2, 0.25) is 0 Å². The minimum Gasteiger partial charge on any atom is -0.305 e. The monoisotopic (exact) mass is 266 g/mol. The van der Waals surface area contributed by atoms with E-state index < -0.39 is 0 Å². The molecule has 1 N–H and O–H groups in total. The number of rotatable bonds is 6. The zero-order valence-corrected chi connectivity index (χ0v) is 12.5. The van der Waals surface area contributed by atoms with E-state index in [1.807, 2.05) is 13.8 Å². The fourth-order valence-electron chi connectivity index (χ4n) is 3.06. The number of nitrogens with zero attached hydrogens (tertiary/aromatic N) is 1. The number of amides is 2. The Labute approximate surface area is 115 Å². The van der Waals surface area contributed by atoms with Crippen molar-refractivity contribution >= 4 is 11.8 Å². The van der Waals surface area contributed by atoms with Crippen molar-refractivity contribution in [2.45, 2.75) is 65.5 Å². The first kappa shape index (κ1) is 14.5. The molecule has 2 unspecified atom stereocenters. The summed E-state index contributed by atoms with van der Waals surface area (Å²) in [5.74, 6) is 0.626. The Bertz CT molecular complexity index is 374. The van der Waals surface area contributed by atoms with Crippen LogP contribution in [0.25, 0.3) is 0 Å². The molecule has 1 saturated carbocycles. The Morgan fingerprint density at radius 1 is 1.32 bits per heavy atom. The summed E-state index contributed by atoms with van der Waals surface area (Å²) < 4.78 is 0. The lowest BCUT2D eigenvalue weighted by atomic mass is 10.1. The summed E-state index contributed by atoms with van der Waals surface area (Å²) in [5, 5.41) is 3.30. The number of imide groups is 1. The third-order valence-corrected chi connectivity index (χ3v) is 4.82. The number of likely N-dealkylation sites (tertiary alicyclic amines) is 1. The Balaban J connectivity index is 1.90. The molecular formula is C15H26N2O2. The second-order valence-corrected chi connectivity index (χ2v) is 6.63. The standard InChI is InChI=1S/C15H26N2O2/c1-5-11(6-2)17-13(18)7-12(14(17)19)16-9-10-8-15(10,3)4/h10-12,16H,5-9H2,1-4H3. The van der Waals surface area contributed by atoms with Crippen molar-refractivity contribution in [2.24, 2.45) is 11.3 Å². The van der Waals surface area contributed by atoms with Gasteiger partial charge in [0.15, 0.2) is 0 Å². The molecule has 2 rings (SSSR count). The van der Waals surface area contributed by atoms with Crippen LogP contribution in [-0.4, -0.2) is 35.3 Å². The largest absolute Gasteiger partial charge is 0.305 e. The molecule has 0 aromatic rings. The molecule has 2 fully saturated rings. The van der Waals surface area contributed by atoms with E-state index in [0.29, 0.717) is 17.8 Å². The van der Waals surface area contributed by atoms with Gasteiger partial charge in [-0.25, -0.2) is 0 Å². The smallest absolute Gasteiger partial charge is 0.247 e. The van der Waals surface area contributed by atoms with E-state index in [-0.39, 0.29) is 23.9 Å². The van der Waals surface area contributed by atoms with E-state index in [1.54, 1.807) is 0 Å². The molecule has 4 nitrogen and oxygen atoms in total. The summed E-state index contributed by atoms with van der Waals surface area (Å²) in [6, 6.07) is -0.214. The summed E-state index contributed by atoms with van der Waals surface area (Å²) in [4.78, 5) is 25.8. The number of carbonyl (C=O) groups excluding carboxylic acids is 2. The summed E-state index contributed by atoms with van der Waals surface area (Å²) in [5.41, 5.74) is 0.410. The first-order chi connectivity index (χ1) is 8.90. The molecule has 2 aliphatic rings. The molecule has 108 valence electrons. The highest BCUT2D eigenvalue weighted by Gasteiger charge is 2.47. The molecule has 0 spiro atoms. The highest BCUT2D eigenvalue weighted by Crippen LogP contribution is 2.51. The molecular weight excluding hydrogens is 240 g/mol. The van der Waals surface area contributed by atoms with Gasteiger partial charge in [0.1, 0.15) is 0 Å². The van der Waals surface area contributed by atoms with E-state index in [9.17, 15) is 9.59 Å². The first-order valence-corrected chi connectivity index (χ1v) is 7.50. The van der Waals surface area contributed by atoms with Gasteiger partial charge in [0.05, 0.1) is 12.5 Å². The van der Waals surface area contributed by atoms with Crippen molar-refractivity contribution in [1.29, 1.82) is 0 Å². The summed E-state index contributed by atoms with van der Waals surface area (Å²) >= 11 is 0. The maximum Gasteiger partial charge on any atom is 0.247 e. The molecule has 4 heteroatoms. The molecule has 0 bridgehead atoms. The lowest BCUT2D eigenvalue weighted by molar-refractivity contribution is -0.141. The maximum absolute atomic E-state index is 12.3. The minimum atomic E-state index is -0.288. The summed E-state index contributed by atoms with van der Waals surface area (Å²) in [6.07, 6.45) is 3.24. The van der Waals surface area contributed by atoms with Crippen molar-refractivity contribution < 1.29 is 9.59 Å². The van der Waals surface area contributed by atoms with Crippen LogP contribution >= 0.6 is 0 Å². The third kappa shape index (κ3) is 2.83. The fourth-order valence-corrected chi connectivity index (χ4v) is 3.06. The number of nitrogens with one attached hydrogen (secondary N) is 1. The lowest BCUT2D eigenvalue weighted by Gasteiger charge is -2.24. The van der Waals surface area contributed by atoms with Crippen molar-refractivity contribution in [3.8, 4) is 0 Å². The Morgan fingerprint density at radius 3 is 2.37 bits per heavy atom. The van der Waals surface area contributed by atoms with Gasteiger partial charge in [-0.1, -0.05) is 27.7 Å². The van der Waals surface area contributed by atoms with Gasteiger partial charge < -0.3 is 5.32 Å². The Kier molecular flexibility index (Phi) is 4.00. The summed E-state index contributed by atoms with van der Waals surface area (Å²) in [6.45, 7) is 9.41. The molecule has 1 saturated heterocycles. The quantitative estimate of drug-likeness (QED) is 0.747. The highest BCUT2D eigenvalue weighted by molar-refractivity contribution is 6.05. The van der Waals surface area contributed by atoms with Crippen LogP contribution in [-0.2, 0) is 9.59 Å². The van der Waals surface area contributed by atoms with Crippen LogP contribution in [0.5, 0.6) is 0 Å². The van der Waals surface area contributed by atoms with Gasteiger partial charge in [-0.05, 0) is 37.1 Å². The highest BCUT2D eigenvalue weighted by atomic mass is 16.2. The van der Waals surface area contributed by atoms with E-state index in [4.69, 9.17) is 0 Å². The molecule has 0 aromatic heterocycles. The van der Waals surface area contributed by atoms with Crippen LogP contribution in [0.1, 0.15) is 53.4 Å². The second-order valence-electron chi connectivity index (χ2n) is 6.63. The Hall–Kier alpha value is -0.900. The van der Waals surface area contributed by atoms with Gasteiger partial charge in [0.25, 0.3) is 0 Å². The predicted molar refractivity (Wildman–Crippen MR) is 74.5 cm³/mol. The first-order valence-electron chi connectivity index (χ1n) is 7.50. The van der Waals surface area contributed by atoms with Gasteiger partial charge in [0.2, 0.25) is 11.8 Å². The zero-order chi connectivity index (χ0) is 14.2. The molecule has 1 aliphatic heterocycles. The predicted octanol–water partition coefficient (Wildman–Crippen LogP) is 1.94. The van der Waals surface area contributed by atoms with Gasteiger partial charge in [-0.15, -0.1) is 0 Å². The van der Waals surface area contributed by atoms with Gasteiger partial charge >= 0.3 is 0 Å². The minimum absolute atomic E-state index is 0.00810. The van der Waals surface area contributed by atoms with E-state index in [0.717, 1.165) is 19.4 Å². The average molecular weight is 266 g/mol. The summed E-state index contributed by atoms with van der Waals surface area (Å²) in [7, 11) is 0. The Morgan fingerprint density at radius 2 is 1.89 bits per heavy atom. The molecule has 1 heterocycles. The zero-order valence-electron chi connectivity index (χ0n) is 12.5. The van der Waals surface area contributed by atoms with Crippen molar-refractivity contribution in [3.63, 3.8) is 0 Å². The number of hydrogen-bond donors (Lipinski definition) is 1. The van der Waals surface area contributed by atoms with Gasteiger partial charge in [-0.3, -0.25) is 14.5 Å². The number of carbonyl (C=O) groups is 2. The van der Waals surface area contributed by atoms with Gasteiger partial charge in [0, 0.05) is 6.04 Å². The van der Waals surface area contributed by atoms with E-state index in [2.05, 4.69) is 19.2 Å². The van der Waals surface area contributed by atoms with Crippen LogP contribution < -0.4 is 5.32 Å². The number of hydrogen-bond acceptors (Lipinski definition) is 3. The van der Waals surface area contributed by atoms with E-state index in [1.165, 1.54) is 11.3 Å². The molecule has 0 radical (unpaired) electrons. The second kappa shape index (κ2) is 5.23. The average Bonchev–Trinajstić information content (AvgIpc) is 2.87. The van der Waals surface area contributed by atoms with Crippen LogP contribution in [0.4, 0.5) is 0 Å². The molecule has 1 aliphatic carbocycles. The normalized spacial score (nSPS) is 29.4. The lowest BCUT2D eigenvalue weighted by Crippen LogP contribution is -2.44. The molecule has 19 heavy (non-hydrogen) atoms. The SMILES string of the molecule is CCC(CC)N1C(=O)CC(NCC2CC2(C)C)C1=O. The van der Waals surface area contributed by atoms with E-state index >= 15 is 0 Å². The molecule has 0 aromatic carbocycles.